The van der Waals surface area contributed by atoms with Gasteiger partial charge in [0.15, 0.2) is 0 Å². The van der Waals surface area contributed by atoms with Crippen molar-refractivity contribution in [2.24, 2.45) is 0 Å². The van der Waals surface area contributed by atoms with Crippen LogP contribution < -0.4 is 5.32 Å². The molecule has 2 aromatic rings. The SMILES string of the molecule is CCC(C)(C)c1ccc(C(NC)c2cccc(F)c2)cc1. The third kappa shape index (κ3) is 3.51. The molecule has 0 fully saturated rings. The highest BCUT2D eigenvalue weighted by Crippen LogP contribution is 2.29. The van der Waals surface area contributed by atoms with Crippen molar-refractivity contribution < 1.29 is 4.39 Å². The molecule has 0 saturated carbocycles. The molecule has 1 N–H and O–H groups in total. The Kier molecular flexibility index (Phi) is 4.79. The van der Waals surface area contributed by atoms with Crippen LogP contribution in [-0.2, 0) is 5.41 Å². The Hall–Kier alpha value is -1.67. The number of benzene rings is 2. The van der Waals surface area contributed by atoms with Gasteiger partial charge in [0.25, 0.3) is 0 Å². The monoisotopic (exact) mass is 285 g/mol. The molecule has 0 aliphatic heterocycles. The molecule has 0 bridgehead atoms. The van der Waals surface area contributed by atoms with Crippen LogP contribution in [0.25, 0.3) is 0 Å². The number of hydrogen-bond acceptors (Lipinski definition) is 1. The lowest BCUT2D eigenvalue weighted by Crippen LogP contribution is -2.19. The van der Waals surface area contributed by atoms with Gasteiger partial charge in [-0.15, -0.1) is 0 Å². The maximum atomic E-state index is 13.4. The number of hydrogen-bond donors (Lipinski definition) is 1. The summed E-state index contributed by atoms with van der Waals surface area (Å²) in [5.74, 6) is -0.198. The van der Waals surface area contributed by atoms with Gasteiger partial charge in [0.05, 0.1) is 6.04 Å². The minimum atomic E-state index is -0.198. The molecule has 2 aromatic carbocycles. The summed E-state index contributed by atoms with van der Waals surface area (Å²) in [7, 11) is 1.90. The molecule has 112 valence electrons. The van der Waals surface area contributed by atoms with E-state index < -0.39 is 0 Å². The Morgan fingerprint density at radius 3 is 2.24 bits per heavy atom. The predicted octanol–water partition coefficient (Wildman–Crippen LogP) is 4.82. The number of halogens is 1. The highest BCUT2D eigenvalue weighted by Gasteiger charge is 2.19. The van der Waals surface area contributed by atoms with Gasteiger partial charge in [0.2, 0.25) is 0 Å². The van der Waals surface area contributed by atoms with Gasteiger partial charge in [-0.05, 0) is 47.7 Å². The van der Waals surface area contributed by atoms with Crippen molar-refractivity contribution in [3.05, 3.63) is 71.0 Å². The van der Waals surface area contributed by atoms with Crippen LogP contribution in [0.3, 0.4) is 0 Å². The normalized spacial score (nSPS) is 13.2. The van der Waals surface area contributed by atoms with Crippen molar-refractivity contribution >= 4 is 0 Å². The summed E-state index contributed by atoms with van der Waals surface area (Å²) in [4.78, 5) is 0. The number of nitrogens with one attached hydrogen (secondary N) is 1. The quantitative estimate of drug-likeness (QED) is 0.830. The summed E-state index contributed by atoms with van der Waals surface area (Å²) in [6, 6.07) is 15.4. The molecule has 1 nitrogen and oxygen atoms in total. The summed E-state index contributed by atoms with van der Waals surface area (Å²) in [5, 5.41) is 3.27. The largest absolute Gasteiger partial charge is 0.309 e. The molecule has 0 heterocycles. The van der Waals surface area contributed by atoms with Crippen LogP contribution in [0.2, 0.25) is 0 Å². The van der Waals surface area contributed by atoms with Crippen LogP contribution in [0, 0.1) is 5.82 Å². The van der Waals surface area contributed by atoms with E-state index in [2.05, 4.69) is 50.4 Å². The van der Waals surface area contributed by atoms with Crippen molar-refractivity contribution in [3.8, 4) is 0 Å². The maximum Gasteiger partial charge on any atom is 0.123 e. The van der Waals surface area contributed by atoms with Crippen molar-refractivity contribution in [3.63, 3.8) is 0 Å². The van der Waals surface area contributed by atoms with Gasteiger partial charge >= 0.3 is 0 Å². The third-order valence-corrected chi connectivity index (χ3v) is 4.38. The minimum absolute atomic E-state index is 0.0134. The Bertz CT molecular complexity index is 587. The van der Waals surface area contributed by atoms with Crippen molar-refractivity contribution in [2.45, 2.75) is 38.6 Å². The Morgan fingerprint density at radius 1 is 1.05 bits per heavy atom. The minimum Gasteiger partial charge on any atom is -0.309 e. The van der Waals surface area contributed by atoms with E-state index in [-0.39, 0.29) is 17.3 Å². The molecule has 2 rings (SSSR count). The summed E-state index contributed by atoms with van der Waals surface area (Å²) < 4.78 is 13.4. The summed E-state index contributed by atoms with van der Waals surface area (Å²) in [6.07, 6.45) is 1.10. The highest BCUT2D eigenvalue weighted by molar-refractivity contribution is 5.35. The molecular formula is C19H24FN. The standard InChI is InChI=1S/C19H24FN/c1-5-19(2,3)16-11-9-14(10-12-16)18(21-4)15-7-6-8-17(20)13-15/h6-13,18,21H,5H2,1-4H3. The van der Waals surface area contributed by atoms with Crippen LogP contribution >= 0.6 is 0 Å². The summed E-state index contributed by atoms with van der Waals surface area (Å²) in [5.41, 5.74) is 3.62. The van der Waals surface area contributed by atoms with Crippen LogP contribution in [0.1, 0.15) is 49.9 Å². The Morgan fingerprint density at radius 2 is 1.71 bits per heavy atom. The van der Waals surface area contributed by atoms with E-state index in [1.54, 1.807) is 12.1 Å². The van der Waals surface area contributed by atoms with Crippen LogP contribution in [-0.4, -0.2) is 7.05 Å². The highest BCUT2D eigenvalue weighted by atomic mass is 19.1. The molecule has 21 heavy (non-hydrogen) atoms. The van der Waals surface area contributed by atoms with E-state index in [1.807, 2.05) is 13.1 Å². The van der Waals surface area contributed by atoms with Gasteiger partial charge in [0, 0.05) is 0 Å². The summed E-state index contributed by atoms with van der Waals surface area (Å²) in [6.45, 7) is 6.71. The zero-order valence-electron chi connectivity index (χ0n) is 13.3. The van der Waals surface area contributed by atoms with Crippen LogP contribution in [0.4, 0.5) is 4.39 Å². The lowest BCUT2D eigenvalue weighted by atomic mass is 9.81. The Balaban J connectivity index is 2.32. The molecule has 0 amide bonds. The van der Waals surface area contributed by atoms with E-state index in [9.17, 15) is 4.39 Å². The lowest BCUT2D eigenvalue weighted by Gasteiger charge is -2.24. The van der Waals surface area contributed by atoms with E-state index in [1.165, 1.54) is 11.6 Å². The molecule has 0 saturated heterocycles. The maximum absolute atomic E-state index is 13.4. The first-order valence-corrected chi connectivity index (χ1v) is 7.51. The fraction of sp³-hybridized carbons (Fsp3) is 0.368. The molecule has 2 heteroatoms. The fourth-order valence-electron chi connectivity index (χ4n) is 2.54. The molecule has 0 radical (unpaired) electrons. The molecule has 1 unspecified atom stereocenters. The van der Waals surface area contributed by atoms with E-state index >= 15 is 0 Å². The second-order valence-electron chi connectivity index (χ2n) is 6.14. The van der Waals surface area contributed by atoms with E-state index in [0.29, 0.717) is 0 Å². The lowest BCUT2D eigenvalue weighted by molar-refractivity contribution is 0.506. The van der Waals surface area contributed by atoms with E-state index in [0.717, 1.165) is 17.5 Å². The Labute approximate surface area is 127 Å². The third-order valence-electron chi connectivity index (χ3n) is 4.38. The van der Waals surface area contributed by atoms with Gasteiger partial charge in [-0.25, -0.2) is 4.39 Å². The average molecular weight is 285 g/mol. The molecule has 1 atom stereocenters. The van der Waals surface area contributed by atoms with Crippen molar-refractivity contribution in [2.75, 3.05) is 7.05 Å². The molecule has 0 aliphatic carbocycles. The molecule has 0 spiro atoms. The van der Waals surface area contributed by atoms with Gasteiger partial charge in [-0.2, -0.15) is 0 Å². The van der Waals surface area contributed by atoms with Crippen molar-refractivity contribution in [1.82, 2.24) is 5.32 Å². The first-order valence-electron chi connectivity index (χ1n) is 7.51. The van der Waals surface area contributed by atoms with E-state index in [4.69, 9.17) is 0 Å². The molecule has 0 aliphatic rings. The first-order chi connectivity index (χ1) is 9.97. The first kappa shape index (κ1) is 15.7. The fourth-order valence-corrected chi connectivity index (χ4v) is 2.54. The van der Waals surface area contributed by atoms with Gasteiger partial charge in [-0.3, -0.25) is 0 Å². The summed E-state index contributed by atoms with van der Waals surface area (Å²) >= 11 is 0. The van der Waals surface area contributed by atoms with Crippen molar-refractivity contribution in [1.29, 1.82) is 0 Å². The van der Waals surface area contributed by atoms with Crippen LogP contribution in [0.15, 0.2) is 48.5 Å². The second kappa shape index (κ2) is 6.40. The second-order valence-corrected chi connectivity index (χ2v) is 6.14. The smallest absolute Gasteiger partial charge is 0.123 e. The van der Waals surface area contributed by atoms with Gasteiger partial charge < -0.3 is 5.32 Å². The zero-order chi connectivity index (χ0) is 15.5. The van der Waals surface area contributed by atoms with Gasteiger partial charge in [0.1, 0.15) is 5.82 Å². The topological polar surface area (TPSA) is 12.0 Å². The van der Waals surface area contributed by atoms with Crippen LogP contribution in [0.5, 0.6) is 0 Å². The van der Waals surface area contributed by atoms with Gasteiger partial charge in [-0.1, -0.05) is 57.2 Å². The zero-order valence-corrected chi connectivity index (χ0v) is 13.3. The average Bonchev–Trinajstić information content (AvgIpc) is 2.49. The number of rotatable bonds is 5. The molecule has 0 aromatic heterocycles. The predicted molar refractivity (Wildman–Crippen MR) is 87.1 cm³/mol. The molecular weight excluding hydrogens is 261 g/mol.